The maximum absolute atomic E-state index is 5.28. The topological polar surface area (TPSA) is 48.5 Å². The summed E-state index contributed by atoms with van der Waals surface area (Å²) >= 11 is 1.81. The van der Waals surface area contributed by atoms with Gasteiger partial charge in [0.2, 0.25) is 5.95 Å². The molecule has 0 amide bonds. The number of nitrogens with zero attached hydrogens (tertiary/aromatic N) is 5. The lowest BCUT2D eigenvalue weighted by molar-refractivity contribution is 0.954. The Kier molecular flexibility index (Phi) is 6.05. The lowest BCUT2D eigenvalue weighted by Gasteiger charge is -2.12. The molecule has 4 heterocycles. The van der Waals surface area contributed by atoms with Gasteiger partial charge in [0, 0.05) is 58.5 Å². The first-order valence-corrected chi connectivity index (χ1v) is 17.9. The Balaban J connectivity index is 1.16. The molecular weight excluding hydrogens is 643 g/mol. The standard InChI is InChI=1S/C45H27N5S/c1-2-13-28(14-3-1)43-46-44(48-45(47-43)50-38-22-10-6-17-32(38)33-18-7-11-23-39(33)50)35-19-12-24-40-42(35)34-26-25-29(27-41(34)51-40)49-36-20-8-4-15-30(36)31-16-5-9-21-37(31)49/h1-27H. The molecule has 0 aliphatic rings. The molecule has 0 saturated carbocycles. The van der Waals surface area contributed by atoms with Crippen LogP contribution in [0.25, 0.3) is 98.2 Å². The highest BCUT2D eigenvalue weighted by Gasteiger charge is 2.20. The SMILES string of the molecule is c1ccc(-c2nc(-c3cccc4sc5cc(-n6c7ccccc7c7ccccc76)ccc5c34)nc(-n3c4ccccc4c4ccccc43)n2)cc1. The van der Waals surface area contributed by atoms with Gasteiger partial charge in [-0.3, -0.25) is 4.57 Å². The lowest BCUT2D eigenvalue weighted by Crippen LogP contribution is -2.06. The molecule has 11 aromatic rings. The maximum Gasteiger partial charge on any atom is 0.238 e. The molecule has 4 aromatic heterocycles. The molecule has 0 bridgehead atoms. The third kappa shape index (κ3) is 4.24. The highest BCUT2D eigenvalue weighted by molar-refractivity contribution is 7.26. The van der Waals surface area contributed by atoms with Crippen molar-refractivity contribution in [3.63, 3.8) is 0 Å². The predicted molar refractivity (Wildman–Crippen MR) is 212 cm³/mol. The van der Waals surface area contributed by atoms with Gasteiger partial charge in [0.1, 0.15) is 0 Å². The van der Waals surface area contributed by atoms with Crippen LogP contribution < -0.4 is 0 Å². The van der Waals surface area contributed by atoms with Crippen molar-refractivity contribution in [2.45, 2.75) is 0 Å². The van der Waals surface area contributed by atoms with E-state index >= 15 is 0 Å². The number of para-hydroxylation sites is 4. The highest BCUT2D eigenvalue weighted by Crippen LogP contribution is 2.42. The average Bonchev–Trinajstić information content (AvgIpc) is 3.85. The van der Waals surface area contributed by atoms with Crippen LogP contribution in [0.4, 0.5) is 0 Å². The molecule has 6 heteroatoms. The zero-order valence-corrected chi connectivity index (χ0v) is 28.0. The smallest absolute Gasteiger partial charge is 0.238 e. The minimum Gasteiger partial charge on any atom is -0.309 e. The minimum atomic E-state index is 0.599. The second-order valence-corrected chi connectivity index (χ2v) is 13.9. The summed E-state index contributed by atoms with van der Waals surface area (Å²) in [6.45, 7) is 0. The number of rotatable bonds is 4. The van der Waals surface area contributed by atoms with Crippen LogP contribution in [0.3, 0.4) is 0 Å². The fourth-order valence-corrected chi connectivity index (χ4v) is 8.95. The van der Waals surface area contributed by atoms with Gasteiger partial charge in [-0.2, -0.15) is 9.97 Å². The van der Waals surface area contributed by atoms with Gasteiger partial charge in [-0.05, 0) is 42.5 Å². The first-order valence-electron chi connectivity index (χ1n) is 17.0. The summed E-state index contributed by atoms with van der Waals surface area (Å²) in [5, 5.41) is 7.20. The van der Waals surface area contributed by atoms with Crippen molar-refractivity contribution in [3.05, 3.63) is 164 Å². The fourth-order valence-electron chi connectivity index (χ4n) is 7.78. The summed E-state index contributed by atoms with van der Waals surface area (Å²) in [6, 6.07) is 57.8. The fraction of sp³-hybridized carbons (Fsp3) is 0. The quantitative estimate of drug-likeness (QED) is 0.187. The number of benzene rings is 7. The van der Waals surface area contributed by atoms with Crippen LogP contribution >= 0.6 is 11.3 Å². The van der Waals surface area contributed by atoms with Crippen molar-refractivity contribution in [1.82, 2.24) is 24.1 Å². The number of hydrogen-bond donors (Lipinski definition) is 0. The Morgan fingerprint density at radius 1 is 0.392 bits per heavy atom. The molecule has 0 spiro atoms. The van der Waals surface area contributed by atoms with Crippen molar-refractivity contribution < 1.29 is 0 Å². The molecule has 0 radical (unpaired) electrons. The maximum atomic E-state index is 5.28. The molecular formula is C45H27N5S. The zero-order chi connectivity index (χ0) is 33.5. The van der Waals surface area contributed by atoms with E-state index in [0.29, 0.717) is 17.6 Å². The van der Waals surface area contributed by atoms with Gasteiger partial charge in [-0.1, -0.05) is 121 Å². The van der Waals surface area contributed by atoms with Crippen molar-refractivity contribution in [2.24, 2.45) is 0 Å². The molecule has 0 aliphatic heterocycles. The summed E-state index contributed by atoms with van der Waals surface area (Å²) < 4.78 is 6.97. The molecule has 0 unspecified atom stereocenters. The van der Waals surface area contributed by atoms with E-state index in [1.165, 1.54) is 47.4 Å². The summed E-state index contributed by atoms with van der Waals surface area (Å²) in [5.74, 6) is 1.89. The third-order valence-electron chi connectivity index (χ3n) is 10.00. The molecule has 0 saturated heterocycles. The Morgan fingerprint density at radius 2 is 0.941 bits per heavy atom. The van der Waals surface area contributed by atoms with Gasteiger partial charge in [-0.25, -0.2) is 4.98 Å². The summed E-state index contributed by atoms with van der Waals surface area (Å²) in [7, 11) is 0. The van der Waals surface area contributed by atoms with E-state index in [9.17, 15) is 0 Å². The molecule has 0 aliphatic carbocycles. The van der Waals surface area contributed by atoms with Crippen LogP contribution in [0.15, 0.2) is 164 Å². The van der Waals surface area contributed by atoms with E-state index in [0.717, 1.165) is 33.2 Å². The van der Waals surface area contributed by atoms with Crippen molar-refractivity contribution in [2.75, 3.05) is 0 Å². The van der Waals surface area contributed by atoms with E-state index in [1.807, 2.05) is 29.5 Å². The number of aromatic nitrogens is 5. The normalized spacial score (nSPS) is 11.9. The van der Waals surface area contributed by atoms with Gasteiger partial charge in [0.05, 0.1) is 22.1 Å². The van der Waals surface area contributed by atoms with Crippen LogP contribution in [0.2, 0.25) is 0 Å². The van der Waals surface area contributed by atoms with Crippen LogP contribution in [-0.4, -0.2) is 24.1 Å². The molecule has 5 nitrogen and oxygen atoms in total. The van der Waals surface area contributed by atoms with Crippen LogP contribution in [0, 0.1) is 0 Å². The summed E-state index contributed by atoms with van der Waals surface area (Å²) in [5.41, 5.74) is 7.62. The molecule has 0 N–H and O–H groups in total. The van der Waals surface area contributed by atoms with Gasteiger partial charge >= 0.3 is 0 Å². The Labute approximate surface area is 296 Å². The first kappa shape index (κ1) is 28.2. The second-order valence-electron chi connectivity index (χ2n) is 12.8. The number of hydrogen-bond acceptors (Lipinski definition) is 4. The Bertz CT molecular complexity index is 3040. The minimum absolute atomic E-state index is 0.599. The van der Waals surface area contributed by atoms with Crippen molar-refractivity contribution in [3.8, 4) is 34.4 Å². The molecule has 0 fully saturated rings. The van der Waals surface area contributed by atoms with Crippen LogP contribution in [-0.2, 0) is 0 Å². The number of fused-ring (bicyclic) bond motifs is 9. The molecule has 7 aromatic carbocycles. The molecule has 238 valence electrons. The average molecular weight is 670 g/mol. The Hall–Kier alpha value is -6.63. The Morgan fingerprint density at radius 3 is 1.57 bits per heavy atom. The first-order chi connectivity index (χ1) is 25.3. The zero-order valence-electron chi connectivity index (χ0n) is 27.2. The van der Waals surface area contributed by atoms with E-state index < -0.39 is 0 Å². The number of thiophene rings is 1. The molecule has 0 atom stereocenters. The highest BCUT2D eigenvalue weighted by atomic mass is 32.1. The van der Waals surface area contributed by atoms with Gasteiger partial charge < -0.3 is 4.57 Å². The van der Waals surface area contributed by atoms with Crippen molar-refractivity contribution in [1.29, 1.82) is 0 Å². The largest absolute Gasteiger partial charge is 0.309 e. The van der Waals surface area contributed by atoms with Crippen molar-refractivity contribution >= 4 is 75.1 Å². The predicted octanol–water partition coefficient (Wildman–Crippen LogP) is 11.8. The van der Waals surface area contributed by atoms with E-state index in [2.05, 4.69) is 155 Å². The van der Waals surface area contributed by atoms with E-state index in [4.69, 9.17) is 15.0 Å². The summed E-state index contributed by atoms with van der Waals surface area (Å²) in [4.78, 5) is 15.6. The molecule has 51 heavy (non-hydrogen) atoms. The van der Waals surface area contributed by atoms with Gasteiger partial charge in [-0.15, -0.1) is 11.3 Å². The second kappa shape index (κ2) is 10.9. The third-order valence-corrected chi connectivity index (χ3v) is 11.1. The monoisotopic (exact) mass is 669 g/mol. The van der Waals surface area contributed by atoms with Gasteiger partial charge in [0.25, 0.3) is 0 Å². The van der Waals surface area contributed by atoms with Gasteiger partial charge in [0.15, 0.2) is 11.6 Å². The lowest BCUT2D eigenvalue weighted by atomic mass is 10.1. The summed E-state index contributed by atoms with van der Waals surface area (Å²) in [6.07, 6.45) is 0. The molecule has 11 rings (SSSR count). The van der Waals surface area contributed by atoms with Crippen LogP contribution in [0.1, 0.15) is 0 Å². The van der Waals surface area contributed by atoms with E-state index in [1.54, 1.807) is 0 Å². The van der Waals surface area contributed by atoms with E-state index in [-0.39, 0.29) is 0 Å². The van der Waals surface area contributed by atoms with Crippen LogP contribution in [0.5, 0.6) is 0 Å².